The van der Waals surface area contributed by atoms with Crippen LogP contribution in [0.3, 0.4) is 0 Å². The Bertz CT molecular complexity index is 690. The zero-order valence-corrected chi connectivity index (χ0v) is 12.2. The van der Waals surface area contributed by atoms with Crippen LogP contribution in [-0.4, -0.2) is 13.5 Å². The van der Waals surface area contributed by atoms with Crippen molar-refractivity contribution in [3.63, 3.8) is 0 Å². The van der Waals surface area contributed by atoms with E-state index in [-0.39, 0.29) is 18.0 Å². The molecule has 2 N–H and O–H groups in total. The van der Waals surface area contributed by atoms with Gasteiger partial charge in [-0.15, -0.1) is 0 Å². The lowest BCUT2D eigenvalue weighted by Crippen LogP contribution is -2.24. The minimum Gasteiger partial charge on any atom is -0.468 e. The highest BCUT2D eigenvalue weighted by molar-refractivity contribution is 7.89. The van der Waals surface area contributed by atoms with Crippen LogP contribution in [0.25, 0.3) is 0 Å². The predicted octanol–water partition coefficient (Wildman–Crippen LogP) is 1.87. The van der Waals surface area contributed by atoms with E-state index in [0.29, 0.717) is 16.9 Å². The molecule has 1 aromatic carbocycles. The summed E-state index contributed by atoms with van der Waals surface area (Å²) in [6.45, 7) is 3.48. The zero-order chi connectivity index (χ0) is 14.8. The normalized spacial score (nSPS) is 11.8. The molecule has 0 aliphatic carbocycles. The van der Waals surface area contributed by atoms with Gasteiger partial charge >= 0.3 is 0 Å². The topological polar surface area (TPSA) is 79.5 Å². The van der Waals surface area contributed by atoms with Crippen LogP contribution >= 0.6 is 0 Å². The van der Waals surface area contributed by atoms with Crippen LogP contribution in [0.1, 0.15) is 22.5 Å². The smallest absolute Gasteiger partial charge is 0.241 e. The first kappa shape index (κ1) is 14.8. The lowest BCUT2D eigenvalue weighted by atomic mass is 10.1. The molecule has 2 rings (SSSR count). The molecule has 20 heavy (non-hydrogen) atoms. The molecule has 0 saturated heterocycles. The largest absolute Gasteiger partial charge is 0.468 e. The maximum absolute atomic E-state index is 12.3. The van der Waals surface area contributed by atoms with Crippen molar-refractivity contribution < 1.29 is 17.9 Å². The Morgan fingerprint density at radius 3 is 2.60 bits per heavy atom. The van der Waals surface area contributed by atoms with Gasteiger partial charge in [-0.2, -0.15) is 0 Å². The molecule has 6 heteroatoms. The Hall–Kier alpha value is -1.63. The summed E-state index contributed by atoms with van der Waals surface area (Å²) in [5, 5.41) is 9.25. The fourth-order valence-electron chi connectivity index (χ4n) is 1.99. The predicted molar refractivity (Wildman–Crippen MR) is 74.6 cm³/mol. The summed E-state index contributed by atoms with van der Waals surface area (Å²) in [6, 6.07) is 6.66. The average Bonchev–Trinajstić information content (AvgIpc) is 2.89. The van der Waals surface area contributed by atoms with Crippen molar-refractivity contribution in [2.75, 3.05) is 0 Å². The first-order chi connectivity index (χ1) is 9.44. The minimum atomic E-state index is -3.64. The molecule has 108 valence electrons. The van der Waals surface area contributed by atoms with Crippen LogP contribution in [0, 0.1) is 13.8 Å². The van der Waals surface area contributed by atoms with Gasteiger partial charge in [0, 0.05) is 0 Å². The second-order valence-electron chi connectivity index (χ2n) is 4.61. The Morgan fingerprint density at radius 2 is 2.00 bits per heavy atom. The highest BCUT2D eigenvalue weighted by Crippen LogP contribution is 2.21. The number of hydrogen-bond donors (Lipinski definition) is 2. The monoisotopic (exact) mass is 295 g/mol. The molecular weight excluding hydrogens is 278 g/mol. The number of aryl methyl sites for hydroxylation is 2. The van der Waals surface area contributed by atoms with Crippen molar-refractivity contribution in [3.8, 4) is 0 Å². The summed E-state index contributed by atoms with van der Waals surface area (Å²) in [6.07, 6.45) is 1.49. The maximum atomic E-state index is 12.3. The highest BCUT2D eigenvalue weighted by Gasteiger charge is 2.18. The van der Waals surface area contributed by atoms with Crippen LogP contribution in [0.2, 0.25) is 0 Å². The van der Waals surface area contributed by atoms with Crippen molar-refractivity contribution in [2.45, 2.75) is 31.9 Å². The van der Waals surface area contributed by atoms with Crippen LogP contribution in [0.4, 0.5) is 0 Å². The zero-order valence-electron chi connectivity index (χ0n) is 11.4. The van der Waals surface area contributed by atoms with E-state index in [2.05, 4.69) is 4.72 Å². The van der Waals surface area contributed by atoms with Gasteiger partial charge in [-0.1, -0.05) is 6.07 Å². The van der Waals surface area contributed by atoms with Crippen molar-refractivity contribution in [1.82, 2.24) is 4.72 Å². The first-order valence-corrected chi connectivity index (χ1v) is 7.65. The van der Waals surface area contributed by atoms with E-state index in [4.69, 9.17) is 4.42 Å². The summed E-state index contributed by atoms with van der Waals surface area (Å²) >= 11 is 0. The van der Waals surface area contributed by atoms with Gasteiger partial charge in [0.05, 0.1) is 24.3 Å². The van der Waals surface area contributed by atoms with Gasteiger partial charge in [0.25, 0.3) is 0 Å². The second kappa shape index (κ2) is 5.78. The number of benzene rings is 1. The third-order valence-electron chi connectivity index (χ3n) is 3.11. The average molecular weight is 295 g/mol. The quantitative estimate of drug-likeness (QED) is 0.882. The Balaban J connectivity index is 2.29. The minimum absolute atomic E-state index is 0.0944. The van der Waals surface area contributed by atoms with E-state index in [0.717, 1.165) is 5.56 Å². The lowest BCUT2D eigenvalue weighted by Gasteiger charge is -2.12. The molecule has 0 aliphatic heterocycles. The van der Waals surface area contributed by atoms with E-state index < -0.39 is 10.0 Å². The fraction of sp³-hybridized carbons (Fsp3) is 0.286. The molecule has 0 spiro atoms. The van der Waals surface area contributed by atoms with Gasteiger partial charge in [0.2, 0.25) is 10.0 Å². The molecule has 0 atom stereocenters. The van der Waals surface area contributed by atoms with E-state index in [1.54, 1.807) is 25.1 Å². The summed E-state index contributed by atoms with van der Waals surface area (Å²) in [5.41, 5.74) is 2.12. The fourth-order valence-corrected chi connectivity index (χ4v) is 3.26. The Labute approximate surface area is 118 Å². The molecule has 2 aromatic rings. The van der Waals surface area contributed by atoms with Crippen molar-refractivity contribution in [3.05, 3.63) is 53.0 Å². The third-order valence-corrected chi connectivity index (χ3v) is 4.65. The summed E-state index contributed by atoms with van der Waals surface area (Å²) in [5.74, 6) is 0.542. The number of aliphatic hydroxyl groups is 1. The number of sulfonamides is 1. The molecule has 1 aromatic heterocycles. The van der Waals surface area contributed by atoms with Gasteiger partial charge in [0.15, 0.2) is 0 Å². The molecule has 0 fully saturated rings. The summed E-state index contributed by atoms with van der Waals surface area (Å²) in [4.78, 5) is 0.179. The van der Waals surface area contributed by atoms with Crippen molar-refractivity contribution in [1.29, 1.82) is 0 Å². The molecule has 0 unspecified atom stereocenters. The second-order valence-corrected chi connectivity index (χ2v) is 6.34. The number of aliphatic hydroxyl groups excluding tert-OH is 1. The third kappa shape index (κ3) is 3.09. The first-order valence-electron chi connectivity index (χ1n) is 6.17. The van der Waals surface area contributed by atoms with Gasteiger partial charge in [-0.3, -0.25) is 0 Å². The molecule has 1 heterocycles. The Morgan fingerprint density at radius 1 is 1.25 bits per heavy atom. The van der Waals surface area contributed by atoms with Gasteiger partial charge in [0.1, 0.15) is 5.76 Å². The van der Waals surface area contributed by atoms with Crippen molar-refractivity contribution in [2.24, 2.45) is 0 Å². The number of rotatable bonds is 5. The van der Waals surface area contributed by atoms with Crippen LogP contribution in [-0.2, 0) is 23.2 Å². The van der Waals surface area contributed by atoms with Gasteiger partial charge < -0.3 is 9.52 Å². The van der Waals surface area contributed by atoms with Gasteiger partial charge in [-0.05, 0) is 48.7 Å². The van der Waals surface area contributed by atoms with Crippen LogP contribution in [0.5, 0.6) is 0 Å². The maximum Gasteiger partial charge on any atom is 0.241 e. The molecule has 0 aliphatic rings. The number of nitrogens with one attached hydrogen (secondary N) is 1. The number of hydrogen-bond acceptors (Lipinski definition) is 4. The van der Waals surface area contributed by atoms with E-state index in [1.165, 1.54) is 12.3 Å². The van der Waals surface area contributed by atoms with E-state index in [9.17, 15) is 13.5 Å². The summed E-state index contributed by atoms with van der Waals surface area (Å²) in [7, 11) is -3.64. The van der Waals surface area contributed by atoms with Crippen LogP contribution < -0.4 is 4.72 Å². The van der Waals surface area contributed by atoms with Gasteiger partial charge in [-0.25, -0.2) is 13.1 Å². The van der Waals surface area contributed by atoms with Crippen LogP contribution in [0.15, 0.2) is 39.8 Å². The molecule has 5 nitrogen and oxygen atoms in total. The standard InChI is InChI=1S/C14H17NO4S/c1-10-6-11(2)14(7-12(10)9-16)20(17,18)15-8-13-4-3-5-19-13/h3-7,15-16H,8-9H2,1-2H3. The highest BCUT2D eigenvalue weighted by atomic mass is 32.2. The molecular formula is C14H17NO4S. The number of furan rings is 1. The van der Waals surface area contributed by atoms with E-state index in [1.807, 2.05) is 6.92 Å². The molecule has 0 amide bonds. The van der Waals surface area contributed by atoms with Crippen molar-refractivity contribution >= 4 is 10.0 Å². The lowest BCUT2D eigenvalue weighted by molar-refractivity contribution is 0.280. The molecule has 0 bridgehead atoms. The SMILES string of the molecule is Cc1cc(C)c(S(=O)(=O)NCc2ccco2)cc1CO. The molecule has 0 saturated carbocycles. The van der Waals surface area contributed by atoms with E-state index >= 15 is 0 Å². The Kier molecular flexibility index (Phi) is 4.27. The summed E-state index contributed by atoms with van der Waals surface area (Å²) < 4.78 is 32.2. The molecule has 0 radical (unpaired) electrons.